The Kier molecular flexibility index (Phi) is 4.77. The Hall–Kier alpha value is 0.370. The predicted molar refractivity (Wildman–Crippen MR) is 30.4 cm³/mol. The van der Waals surface area contributed by atoms with Crippen LogP contribution in [0.1, 0.15) is 6.42 Å². The van der Waals surface area contributed by atoms with Gasteiger partial charge in [-0.3, -0.25) is 4.39 Å². The number of alkyl halides is 2. The van der Waals surface area contributed by atoms with Crippen molar-refractivity contribution in [3.8, 4) is 0 Å². The summed E-state index contributed by atoms with van der Waals surface area (Å²) in [6.45, 7) is -0.438. The zero-order valence-electron chi connectivity index (χ0n) is 3.90. The summed E-state index contributed by atoms with van der Waals surface area (Å²) in [6, 6.07) is 0. The molecule has 0 aliphatic rings. The van der Waals surface area contributed by atoms with E-state index < -0.39 is 12.8 Å². The average Bonchev–Trinajstić information content (AvgIpc) is 1.68. The third kappa shape index (κ3) is 4.22. The first-order valence-corrected chi connectivity index (χ1v) is 3.23. The molecule has 0 aromatic rings. The molecule has 0 fully saturated rings. The van der Waals surface area contributed by atoms with Crippen molar-refractivity contribution in [2.24, 2.45) is 0 Å². The molecule has 1 N–H and O–H groups in total. The molecule has 0 saturated carbocycles. The first kappa shape index (κ1) is 7.37. The van der Waals surface area contributed by atoms with Crippen molar-refractivity contribution in [3.05, 3.63) is 0 Å². The molecule has 0 spiro atoms. The van der Waals surface area contributed by atoms with Gasteiger partial charge in [-0.15, -0.1) is 0 Å². The van der Waals surface area contributed by atoms with Gasteiger partial charge in [0, 0.05) is 11.8 Å². The van der Waals surface area contributed by atoms with Crippen LogP contribution < -0.4 is 0 Å². The van der Waals surface area contributed by atoms with Gasteiger partial charge in [-0.2, -0.15) is 0 Å². The van der Waals surface area contributed by atoms with Gasteiger partial charge < -0.3 is 5.11 Å². The van der Waals surface area contributed by atoms with E-state index in [9.17, 15) is 4.39 Å². The number of hydrogen-bond donors (Lipinski definition) is 1. The van der Waals surface area contributed by atoms with Gasteiger partial charge in [0.1, 0.15) is 0 Å². The van der Waals surface area contributed by atoms with E-state index in [-0.39, 0.29) is 6.42 Å². The summed E-state index contributed by atoms with van der Waals surface area (Å²) in [4.78, 5) is 0. The van der Waals surface area contributed by atoms with Gasteiger partial charge >= 0.3 is 0 Å². The fraction of sp³-hybridized carbons (Fsp3) is 1.00. The standard InChI is InChI=1S/C4H8BrFO/c5-3-4(7)1-2-6/h4,7H,1-3H2. The Labute approximate surface area is 50.7 Å². The van der Waals surface area contributed by atoms with Crippen LogP contribution in [0.3, 0.4) is 0 Å². The van der Waals surface area contributed by atoms with E-state index in [1.807, 2.05) is 0 Å². The quantitative estimate of drug-likeness (QED) is 0.630. The Bertz CT molecular complexity index is 42.7. The molecule has 0 saturated heterocycles. The maximum absolute atomic E-state index is 11.2. The van der Waals surface area contributed by atoms with E-state index >= 15 is 0 Å². The Morgan fingerprint density at radius 3 is 2.43 bits per heavy atom. The highest BCUT2D eigenvalue weighted by atomic mass is 79.9. The summed E-state index contributed by atoms with van der Waals surface area (Å²) in [6.07, 6.45) is -0.268. The Morgan fingerprint density at radius 2 is 2.29 bits per heavy atom. The summed E-state index contributed by atoms with van der Waals surface area (Å²) in [5.74, 6) is 0. The summed E-state index contributed by atoms with van der Waals surface area (Å²) >= 11 is 3.00. The smallest absolute Gasteiger partial charge is 0.0919 e. The van der Waals surface area contributed by atoms with Crippen LogP contribution in [0, 0.1) is 0 Å². The van der Waals surface area contributed by atoms with Gasteiger partial charge in [0.05, 0.1) is 12.8 Å². The first-order valence-electron chi connectivity index (χ1n) is 2.11. The number of aliphatic hydroxyl groups is 1. The second-order valence-electron chi connectivity index (χ2n) is 1.29. The Morgan fingerprint density at radius 1 is 1.71 bits per heavy atom. The maximum Gasteiger partial charge on any atom is 0.0919 e. The number of halogens is 2. The van der Waals surface area contributed by atoms with Crippen LogP contribution in [0.25, 0.3) is 0 Å². The fourth-order valence-corrected chi connectivity index (χ4v) is 0.527. The normalized spacial score (nSPS) is 14.1. The zero-order valence-corrected chi connectivity index (χ0v) is 5.49. The molecule has 1 atom stereocenters. The van der Waals surface area contributed by atoms with E-state index in [0.29, 0.717) is 5.33 Å². The second-order valence-corrected chi connectivity index (χ2v) is 1.93. The minimum atomic E-state index is -0.509. The largest absolute Gasteiger partial charge is 0.392 e. The van der Waals surface area contributed by atoms with Crippen molar-refractivity contribution >= 4 is 15.9 Å². The molecule has 0 amide bonds. The molecule has 44 valence electrons. The molecule has 0 bridgehead atoms. The number of hydrogen-bond acceptors (Lipinski definition) is 1. The predicted octanol–water partition coefficient (Wildman–Crippen LogP) is 1.10. The highest BCUT2D eigenvalue weighted by molar-refractivity contribution is 9.09. The summed E-state index contributed by atoms with van der Waals surface area (Å²) in [7, 11) is 0. The molecule has 0 aliphatic carbocycles. The van der Waals surface area contributed by atoms with Gasteiger partial charge in [0.15, 0.2) is 0 Å². The molecule has 0 aromatic carbocycles. The molecule has 3 heteroatoms. The van der Waals surface area contributed by atoms with Crippen molar-refractivity contribution in [1.29, 1.82) is 0 Å². The average molecular weight is 171 g/mol. The third-order valence-corrected chi connectivity index (χ3v) is 1.37. The van der Waals surface area contributed by atoms with Gasteiger partial charge in [-0.1, -0.05) is 15.9 Å². The zero-order chi connectivity index (χ0) is 5.70. The second kappa shape index (κ2) is 4.53. The third-order valence-electron chi connectivity index (χ3n) is 0.620. The lowest BCUT2D eigenvalue weighted by atomic mass is 10.3. The first-order chi connectivity index (χ1) is 3.31. The van der Waals surface area contributed by atoms with Crippen molar-refractivity contribution in [3.63, 3.8) is 0 Å². The monoisotopic (exact) mass is 170 g/mol. The highest BCUT2D eigenvalue weighted by Crippen LogP contribution is 1.95. The molecule has 7 heavy (non-hydrogen) atoms. The van der Waals surface area contributed by atoms with Crippen molar-refractivity contribution in [2.45, 2.75) is 12.5 Å². The molecule has 1 nitrogen and oxygen atoms in total. The molecule has 0 aromatic heterocycles. The van der Waals surface area contributed by atoms with E-state index in [0.717, 1.165) is 0 Å². The lowest BCUT2D eigenvalue weighted by molar-refractivity contribution is 0.178. The van der Waals surface area contributed by atoms with E-state index in [2.05, 4.69) is 15.9 Å². The van der Waals surface area contributed by atoms with E-state index in [1.54, 1.807) is 0 Å². The number of aliphatic hydroxyl groups excluding tert-OH is 1. The molecule has 0 aliphatic heterocycles. The summed E-state index contributed by atoms with van der Waals surface area (Å²) in [5, 5.41) is 9.04. The topological polar surface area (TPSA) is 20.2 Å². The highest BCUT2D eigenvalue weighted by Gasteiger charge is 1.97. The van der Waals surface area contributed by atoms with Crippen LogP contribution in [0.15, 0.2) is 0 Å². The van der Waals surface area contributed by atoms with Gasteiger partial charge in [0.25, 0.3) is 0 Å². The molecular formula is C4H8BrFO. The van der Waals surface area contributed by atoms with Gasteiger partial charge in [-0.05, 0) is 0 Å². The molecular weight excluding hydrogens is 163 g/mol. The molecule has 0 heterocycles. The minimum Gasteiger partial charge on any atom is -0.392 e. The van der Waals surface area contributed by atoms with Crippen LogP contribution in [-0.4, -0.2) is 23.2 Å². The minimum absolute atomic E-state index is 0.241. The van der Waals surface area contributed by atoms with Crippen LogP contribution in [-0.2, 0) is 0 Å². The SMILES string of the molecule is OC(CBr)CCF. The van der Waals surface area contributed by atoms with Crippen LogP contribution >= 0.6 is 15.9 Å². The van der Waals surface area contributed by atoms with E-state index in [1.165, 1.54) is 0 Å². The van der Waals surface area contributed by atoms with Crippen LogP contribution in [0.5, 0.6) is 0 Å². The molecule has 1 unspecified atom stereocenters. The van der Waals surface area contributed by atoms with Crippen LogP contribution in [0.4, 0.5) is 4.39 Å². The van der Waals surface area contributed by atoms with E-state index in [4.69, 9.17) is 5.11 Å². The Balaban J connectivity index is 2.83. The van der Waals surface area contributed by atoms with Crippen LogP contribution in [0.2, 0.25) is 0 Å². The van der Waals surface area contributed by atoms with Crippen molar-refractivity contribution < 1.29 is 9.50 Å². The number of rotatable bonds is 3. The summed E-state index contributed by atoms with van der Waals surface area (Å²) in [5.41, 5.74) is 0. The molecule has 0 radical (unpaired) electrons. The van der Waals surface area contributed by atoms with Crippen molar-refractivity contribution in [2.75, 3.05) is 12.0 Å². The summed E-state index contributed by atoms with van der Waals surface area (Å²) < 4.78 is 11.2. The lowest BCUT2D eigenvalue weighted by Gasteiger charge is -1.99. The van der Waals surface area contributed by atoms with Crippen molar-refractivity contribution in [1.82, 2.24) is 0 Å². The fourth-order valence-electron chi connectivity index (χ4n) is 0.203. The van der Waals surface area contributed by atoms with Gasteiger partial charge in [0.2, 0.25) is 0 Å². The molecule has 0 rings (SSSR count). The maximum atomic E-state index is 11.2. The lowest BCUT2D eigenvalue weighted by Crippen LogP contribution is -2.07. The van der Waals surface area contributed by atoms with Gasteiger partial charge in [-0.25, -0.2) is 0 Å².